The number of anilines is 1. The highest BCUT2D eigenvalue weighted by Crippen LogP contribution is 2.24. The Hall–Kier alpha value is -2.64. The lowest BCUT2D eigenvalue weighted by atomic mass is 9.96. The zero-order chi connectivity index (χ0) is 22.6. The summed E-state index contributed by atoms with van der Waals surface area (Å²) >= 11 is 0. The first-order valence-electron chi connectivity index (χ1n) is 11.3. The van der Waals surface area contributed by atoms with Crippen LogP contribution in [0.25, 0.3) is 6.08 Å². The molecule has 2 aliphatic rings. The number of amides is 1. The highest BCUT2D eigenvalue weighted by atomic mass is 32.2. The van der Waals surface area contributed by atoms with Crippen LogP contribution in [-0.2, 0) is 14.8 Å². The van der Waals surface area contributed by atoms with Crippen LogP contribution in [0.5, 0.6) is 0 Å². The molecule has 2 saturated heterocycles. The molecular weight excluding hydrogens is 422 g/mol. The molecular formula is C25H31N3O3S. The van der Waals surface area contributed by atoms with Crippen molar-refractivity contribution in [1.82, 2.24) is 9.21 Å². The lowest BCUT2D eigenvalue weighted by molar-refractivity contribution is -0.137. The fourth-order valence-electron chi connectivity index (χ4n) is 4.44. The minimum atomic E-state index is -3.48. The number of piperidine rings is 1. The van der Waals surface area contributed by atoms with E-state index in [1.54, 1.807) is 6.08 Å². The van der Waals surface area contributed by atoms with Crippen LogP contribution in [0.2, 0.25) is 0 Å². The van der Waals surface area contributed by atoms with Gasteiger partial charge in [-0.2, -0.15) is 4.31 Å². The van der Waals surface area contributed by atoms with Crippen molar-refractivity contribution in [2.24, 2.45) is 5.92 Å². The standard InChI is InChI=1S/C25H31N3O3S/c1-21-6-5-9-24(20-21)26-15-17-27(18-16-26)25(29)23-10-13-28(14-11-23)32(30,31)19-12-22-7-3-2-4-8-22/h2-9,12,19-20,23H,10-11,13-18H2,1H3/b19-12+. The van der Waals surface area contributed by atoms with Crippen LogP contribution in [-0.4, -0.2) is 62.8 Å². The molecule has 0 saturated carbocycles. The molecule has 2 aliphatic heterocycles. The van der Waals surface area contributed by atoms with Crippen molar-refractivity contribution in [3.8, 4) is 0 Å². The number of benzene rings is 2. The molecule has 0 atom stereocenters. The van der Waals surface area contributed by atoms with Crippen LogP contribution in [0.3, 0.4) is 0 Å². The van der Waals surface area contributed by atoms with E-state index in [0.717, 1.165) is 18.7 Å². The molecule has 1 amide bonds. The molecule has 2 aromatic carbocycles. The molecule has 170 valence electrons. The van der Waals surface area contributed by atoms with Crippen LogP contribution in [0.4, 0.5) is 5.69 Å². The van der Waals surface area contributed by atoms with Gasteiger partial charge in [-0.05, 0) is 49.1 Å². The normalized spacial score (nSPS) is 18.9. The first kappa shape index (κ1) is 22.6. The third kappa shape index (κ3) is 5.40. The Labute approximate surface area is 191 Å². The van der Waals surface area contributed by atoms with Crippen LogP contribution in [0, 0.1) is 12.8 Å². The maximum absolute atomic E-state index is 13.0. The lowest BCUT2D eigenvalue weighted by Gasteiger charge is -2.39. The molecule has 0 unspecified atom stereocenters. The van der Waals surface area contributed by atoms with E-state index in [-0.39, 0.29) is 11.8 Å². The largest absolute Gasteiger partial charge is 0.368 e. The zero-order valence-corrected chi connectivity index (χ0v) is 19.4. The van der Waals surface area contributed by atoms with E-state index in [4.69, 9.17) is 0 Å². The highest BCUT2D eigenvalue weighted by Gasteiger charge is 2.33. The first-order valence-corrected chi connectivity index (χ1v) is 12.8. The Balaban J connectivity index is 1.28. The average molecular weight is 454 g/mol. The molecule has 2 heterocycles. The van der Waals surface area contributed by atoms with Gasteiger partial charge in [0, 0.05) is 56.3 Å². The van der Waals surface area contributed by atoms with Crippen LogP contribution in [0.15, 0.2) is 60.0 Å². The molecule has 0 N–H and O–H groups in total. The highest BCUT2D eigenvalue weighted by molar-refractivity contribution is 7.92. The minimum Gasteiger partial charge on any atom is -0.368 e. The molecule has 32 heavy (non-hydrogen) atoms. The second-order valence-corrected chi connectivity index (χ2v) is 10.4. The number of sulfonamides is 1. The third-order valence-corrected chi connectivity index (χ3v) is 7.92. The van der Waals surface area contributed by atoms with E-state index >= 15 is 0 Å². The Morgan fingerprint density at radius 3 is 2.25 bits per heavy atom. The summed E-state index contributed by atoms with van der Waals surface area (Å²) in [5.74, 6) is 0.0795. The van der Waals surface area contributed by atoms with Crippen molar-refractivity contribution < 1.29 is 13.2 Å². The van der Waals surface area contributed by atoms with Gasteiger partial charge >= 0.3 is 0 Å². The monoisotopic (exact) mass is 453 g/mol. The van der Waals surface area contributed by atoms with E-state index in [9.17, 15) is 13.2 Å². The number of aryl methyl sites for hydroxylation is 1. The maximum Gasteiger partial charge on any atom is 0.236 e. The van der Waals surface area contributed by atoms with Gasteiger partial charge < -0.3 is 9.80 Å². The van der Waals surface area contributed by atoms with E-state index < -0.39 is 10.0 Å². The molecule has 0 bridgehead atoms. The quantitative estimate of drug-likeness (QED) is 0.697. The lowest BCUT2D eigenvalue weighted by Crippen LogP contribution is -2.52. The zero-order valence-electron chi connectivity index (χ0n) is 18.6. The number of piperazine rings is 1. The van der Waals surface area contributed by atoms with Gasteiger partial charge in [-0.15, -0.1) is 0 Å². The number of hydrogen-bond acceptors (Lipinski definition) is 4. The smallest absolute Gasteiger partial charge is 0.236 e. The number of rotatable bonds is 5. The first-order chi connectivity index (χ1) is 15.4. The van der Waals surface area contributed by atoms with Crippen LogP contribution in [0.1, 0.15) is 24.0 Å². The molecule has 0 aliphatic carbocycles. The van der Waals surface area contributed by atoms with Gasteiger partial charge in [0.1, 0.15) is 0 Å². The summed E-state index contributed by atoms with van der Waals surface area (Å²) in [7, 11) is -3.48. The summed E-state index contributed by atoms with van der Waals surface area (Å²) in [5.41, 5.74) is 3.30. The minimum absolute atomic E-state index is 0.0925. The summed E-state index contributed by atoms with van der Waals surface area (Å²) in [6.45, 7) is 5.95. The molecule has 2 aromatic rings. The van der Waals surface area contributed by atoms with E-state index in [2.05, 4.69) is 36.1 Å². The molecule has 0 aromatic heterocycles. The topological polar surface area (TPSA) is 60.9 Å². The summed E-state index contributed by atoms with van der Waals surface area (Å²) < 4.78 is 26.8. The van der Waals surface area contributed by atoms with Gasteiger partial charge in [0.05, 0.1) is 0 Å². The number of nitrogens with zero attached hydrogens (tertiary/aromatic N) is 3. The summed E-state index contributed by atoms with van der Waals surface area (Å²) in [6.07, 6.45) is 2.78. The van der Waals surface area contributed by atoms with Gasteiger partial charge in [0.2, 0.25) is 15.9 Å². The Morgan fingerprint density at radius 1 is 0.906 bits per heavy atom. The average Bonchev–Trinajstić information content (AvgIpc) is 2.83. The van der Waals surface area contributed by atoms with Crippen molar-refractivity contribution in [3.05, 3.63) is 71.1 Å². The van der Waals surface area contributed by atoms with E-state index in [0.29, 0.717) is 39.0 Å². The number of carbonyl (C=O) groups is 1. The number of carbonyl (C=O) groups excluding carboxylic acids is 1. The SMILES string of the molecule is Cc1cccc(N2CCN(C(=O)C3CCN(S(=O)(=O)/C=C/c4ccccc4)CC3)CC2)c1. The van der Waals surface area contributed by atoms with Crippen molar-refractivity contribution in [3.63, 3.8) is 0 Å². The van der Waals surface area contributed by atoms with Crippen molar-refractivity contribution in [2.75, 3.05) is 44.2 Å². The predicted octanol–water partition coefficient (Wildman–Crippen LogP) is 3.36. The van der Waals surface area contributed by atoms with Crippen molar-refractivity contribution in [2.45, 2.75) is 19.8 Å². The molecule has 6 nitrogen and oxygen atoms in total. The molecule has 4 rings (SSSR count). The Kier molecular flexibility index (Phi) is 6.96. The fraction of sp³-hybridized carbons (Fsp3) is 0.400. The summed E-state index contributed by atoms with van der Waals surface area (Å²) in [4.78, 5) is 17.3. The van der Waals surface area contributed by atoms with Gasteiger partial charge in [0.25, 0.3) is 0 Å². The fourth-order valence-corrected chi connectivity index (χ4v) is 5.66. The van der Waals surface area contributed by atoms with Gasteiger partial charge in [-0.3, -0.25) is 4.79 Å². The maximum atomic E-state index is 13.0. The van der Waals surface area contributed by atoms with Crippen LogP contribution >= 0.6 is 0 Å². The number of hydrogen-bond donors (Lipinski definition) is 0. The van der Waals surface area contributed by atoms with Gasteiger partial charge in [-0.25, -0.2) is 8.42 Å². The van der Waals surface area contributed by atoms with Crippen molar-refractivity contribution >= 4 is 27.7 Å². The predicted molar refractivity (Wildman–Crippen MR) is 129 cm³/mol. The Morgan fingerprint density at radius 2 is 1.59 bits per heavy atom. The summed E-state index contributed by atoms with van der Waals surface area (Å²) in [6, 6.07) is 17.9. The molecule has 7 heteroatoms. The van der Waals surface area contributed by atoms with Crippen LogP contribution < -0.4 is 4.90 Å². The second kappa shape index (κ2) is 9.88. The van der Waals surface area contributed by atoms with Crippen molar-refractivity contribution in [1.29, 1.82) is 0 Å². The van der Waals surface area contributed by atoms with Gasteiger partial charge in [0.15, 0.2) is 0 Å². The van der Waals surface area contributed by atoms with Gasteiger partial charge in [-0.1, -0.05) is 42.5 Å². The van der Waals surface area contributed by atoms with E-state index in [1.807, 2.05) is 35.2 Å². The molecule has 0 radical (unpaired) electrons. The molecule has 0 spiro atoms. The van der Waals surface area contributed by atoms with E-state index in [1.165, 1.54) is 21.0 Å². The Bertz CT molecular complexity index is 1050. The molecule has 2 fully saturated rings. The summed E-state index contributed by atoms with van der Waals surface area (Å²) in [5, 5.41) is 1.27. The second-order valence-electron chi connectivity index (χ2n) is 8.58. The third-order valence-electron chi connectivity index (χ3n) is 6.35.